The average Bonchev–Trinajstić information content (AvgIpc) is 3.28. The van der Waals surface area contributed by atoms with Crippen LogP contribution in [0.4, 0.5) is 5.69 Å². The van der Waals surface area contributed by atoms with E-state index in [1.165, 1.54) is 4.88 Å². The van der Waals surface area contributed by atoms with Crippen LogP contribution >= 0.6 is 11.3 Å². The molecule has 3 aromatic rings. The molecule has 0 aliphatic heterocycles. The van der Waals surface area contributed by atoms with E-state index >= 15 is 0 Å². The Hall–Kier alpha value is -3.03. The zero-order chi connectivity index (χ0) is 20.3. The monoisotopic (exact) mass is 406 g/mol. The van der Waals surface area contributed by atoms with Crippen LogP contribution in [0.3, 0.4) is 0 Å². The largest absolute Gasteiger partial charge is 0.346 e. The lowest BCUT2D eigenvalue weighted by molar-refractivity contribution is -0.122. The molecule has 0 saturated heterocycles. The van der Waals surface area contributed by atoms with Crippen molar-refractivity contribution in [1.29, 1.82) is 0 Å². The fraction of sp³-hybridized carbons (Fsp3) is 0.227. The second kappa shape index (κ2) is 8.14. The molecular weight excluding hydrogens is 384 g/mol. The smallest absolute Gasteiger partial charge is 0.255 e. The highest BCUT2D eigenvalue weighted by molar-refractivity contribution is 7.10. The molecule has 1 atom stereocenters. The summed E-state index contributed by atoms with van der Waals surface area (Å²) in [4.78, 5) is 29.9. The van der Waals surface area contributed by atoms with Crippen molar-refractivity contribution < 1.29 is 9.59 Å². The van der Waals surface area contributed by atoms with Gasteiger partial charge >= 0.3 is 0 Å². The van der Waals surface area contributed by atoms with E-state index in [1.807, 2.05) is 11.4 Å². The summed E-state index contributed by atoms with van der Waals surface area (Å²) in [6.07, 6.45) is 5.38. The average molecular weight is 407 g/mol. The number of pyridine rings is 1. The van der Waals surface area contributed by atoms with Crippen LogP contribution in [0.2, 0.25) is 0 Å². The molecule has 2 heterocycles. The number of aromatic nitrogens is 1. The first-order chi connectivity index (χ1) is 14.1. The molecule has 2 amide bonds. The number of anilines is 1. The van der Waals surface area contributed by atoms with Crippen molar-refractivity contribution in [2.45, 2.75) is 30.8 Å². The fourth-order valence-electron chi connectivity index (χ4n) is 3.26. The van der Waals surface area contributed by atoms with Gasteiger partial charge in [-0.25, -0.2) is 0 Å². The molecule has 1 fully saturated rings. The predicted molar refractivity (Wildman–Crippen MR) is 114 cm³/mol. The van der Waals surface area contributed by atoms with Crippen molar-refractivity contribution >= 4 is 28.8 Å². The number of carbonyl (C=O) groups excluding carboxylic acids is 2. The summed E-state index contributed by atoms with van der Waals surface area (Å²) >= 11 is 1.67. The molecule has 1 unspecified atom stereocenters. The number of amides is 2. The molecule has 1 aliphatic carbocycles. The zero-order valence-electron chi connectivity index (χ0n) is 15.8. The minimum absolute atomic E-state index is 0.0529. The van der Waals surface area contributed by atoms with Gasteiger partial charge in [-0.3, -0.25) is 14.6 Å². The number of nitrogens with two attached hydrogens (primary N) is 1. The molecule has 148 valence electrons. The third-order valence-corrected chi connectivity index (χ3v) is 6.14. The van der Waals surface area contributed by atoms with Gasteiger partial charge in [0.2, 0.25) is 5.91 Å². The molecule has 29 heavy (non-hydrogen) atoms. The molecule has 1 aromatic carbocycles. The van der Waals surface area contributed by atoms with Crippen LogP contribution in [0.1, 0.15) is 46.1 Å². The van der Waals surface area contributed by atoms with Crippen LogP contribution < -0.4 is 16.4 Å². The lowest BCUT2D eigenvalue weighted by Gasteiger charge is -2.18. The number of nitrogens with zero attached hydrogens (tertiary/aromatic N) is 1. The van der Waals surface area contributed by atoms with Gasteiger partial charge in [0.15, 0.2) is 0 Å². The summed E-state index contributed by atoms with van der Waals surface area (Å²) in [5.41, 5.74) is 8.07. The van der Waals surface area contributed by atoms with E-state index in [0.29, 0.717) is 11.3 Å². The molecular formula is C22H22N4O2S. The Morgan fingerprint density at radius 2 is 1.83 bits per heavy atom. The van der Waals surface area contributed by atoms with Gasteiger partial charge in [-0.1, -0.05) is 18.2 Å². The summed E-state index contributed by atoms with van der Waals surface area (Å²) in [6, 6.07) is 14.1. The van der Waals surface area contributed by atoms with Gasteiger partial charge in [0.05, 0.1) is 5.54 Å². The maximum absolute atomic E-state index is 12.5. The molecule has 6 nitrogen and oxygen atoms in total. The molecule has 0 spiro atoms. The van der Waals surface area contributed by atoms with Crippen molar-refractivity contribution in [3.63, 3.8) is 0 Å². The van der Waals surface area contributed by atoms with Crippen molar-refractivity contribution in [2.24, 2.45) is 5.73 Å². The Balaban J connectivity index is 1.34. The van der Waals surface area contributed by atoms with Crippen molar-refractivity contribution in [3.05, 3.63) is 82.3 Å². The van der Waals surface area contributed by atoms with Gasteiger partial charge < -0.3 is 16.4 Å². The van der Waals surface area contributed by atoms with Crippen LogP contribution in [-0.2, 0) is 10.3 Å². The van der Waals surface area contributed by atoms with Crippen molar-refractivity contribution in [3.8, 4) is 0 Å². The van der Waals surface area contributed by atoms with Crippen LogP contribution in [-0.4, -0.2) is 16.8 Å². The van der Waals surface area contributed by atoms with E-state index in [4.69, 9.17) is 5.73 Å². The third kappa shape index (κ3) is 4.52. The van der Waals surface area contributed by atoms with Gasteiger partial charge in [-0.15, -0.1) is 11.3 Å². The number of nitrogens with one attached hydrogen (secondary N) is 2. The molecule has 4 N–H and O–H groups in total. The van der Waals surface area contributed by atoms with E-state index in [1.54, 1.807) is 60.1 Å². The third-order valence-electron chi connectivity index (χ3n) is 5.07. The van der Waals surface area contributed by atoms with Gasteiger partial charge in [-0.2, -0.15) is 0 Å². The standard InChI is InChI=1S/C22H22N4O2S/c23-18(14-20(27)26-22(9-10-22)19-2-1-13-29-19)15-3-5-16(6-4-15)21(28)25-17-7-11-24-12-8-17/h1-8,11-13,18H,9-10,14,23H2,(H,26,27)(H,24,25,28). The van der Waals surface area contributed by atoms with E-state index in [2.05, 4.69) is 21.7 Å². The quantitative estimate of drug-likeness (QED) is 0.559. The number of hydrogen-bond acceptors (Lipinski definition) is 5. The minimum atomic E-state index is -0.425. The Bertz CT molecular complexity index is 983. The van der Waals surface area contributed by atoms with Crippen LogP contribution in [0.25, 0.3) is 0 Å². The predicted octanol–water partition coefficient (Wildman–Crippen LogP) is 3.59. The number of carbonyl (C=O) groups is 2. The molecule has 0 bridgehead atoms. The molecule has 0 radical (unpaired) electrons. The Kier molecular flexibility index (Phi) is 5.42. The summed E-state index contributed by atoms with van der Waals surface area (Å²) in [7, 11) is 0. The van der Waals surface area contributed by atoms with Crippen molar-refractivity contribution in [1.82, 2.24) is 10.3 Å². The second-order valence-electron chi connectivity index (χ2n) is 7.23. The SMILES string of the molecule is NC(CC(=O)NC1(c2cccs2)CC1)c1ccc(C(=O)Nc2ccncc2)cc1. The highest BCUT2D eigenvalue weighted by Gasteiger charge is 2.46. The first-order valence-electron chi connectivity index (χ1n) is 9.48. The van der Waals surface area contributed by atoms with Crippen LogP contribution in [0, 0.1) is 0 Å². The van der Waals surface area contributed by atoms with Crippen LogP contribution in [0.15, 0.2) is 66.3 Å². The maximum Gasteiger partial charge on any atom is 0.255 e. The first kappa shape index (κ1) is 19.3. The van der Waals surface area contributed by atoms with Gasteiger partial charge in [-0.05, 0) is 54.1 Å². The summed E-state index contributed by atoms with van der Waals surface area (Å²) in [6.45, 7) is 0. The number of thiophene rings is 1. The maximum atomic E-state index is 12.5. The molecule has 1 aliphatic rings. The van der Waals surface area contributed by atoms with Gasteiger partial charge in [0.25, 0.3) is 5.91 Å². The Morgan fingerprint density at radius 3 is 2.45 bits per heavy atom. The normalized spacial score (nSPS) is 15.3. The molecule has 1 saturated carbocycles. The molecule has 2 aromatic heterocycles. The minimum Gasteiger partial charge on any atom is -0.346 e. The first-order valence-corrected chi connectivity index (χ1v) is 10.4. The number of rotatable bonds is 7. The van der Waals surface area contributed by atoms with Gasteiger partial charge in [0.1, 0.15) is 0 Å². The number of benzene rings is 1. The second-order valence-corrected chi connectivity index (χ2v) is 8.18. The van der Waals surface area contributed by atoms with E-state index < -0.39 is 6.04 Å². The Morgan fingerprint density at radius 1 is 1.10 bits per heavy atom. The highest BCUT2D eigenvalue weighted by Crippen LogP contribution is 2.47. The van der Waals surface area contributed by atoms with E-state index in [9.17, 15) is 9.59 Å². The van der Waals surface area contributed by atoms with Crippen LogP contribution in [0.5, 0.6) is 0 Å². The summed E-state index contributed by atoms with van der Waals surface area (Å²) in [5, 5.41) is 7.99. The van der Waals surface area contributed by atoms with Crippen molar-refractivity contribution in [2.75, 3.05) is 5.32 Å². The topological polar surface area (TPSA) is 97.1 Å². The lowest BCUT2D eigenvalue weighted by atomic mass is 10.0. The number of hydrogen-bond donors (Lipinski definition) is 3. The lowest BCUT2D eigenvalue weighted by Crippen LogP contribution is -2.36. The van der Waals surface area contributed by atoms with E-state index in [-0.39, 0.29) is 23.8 Å². The molecule has 4 rings (SSSR count). The zero-order valence-corrected chi connectivity index (χ0v) is 16.6. The van der Waals surface area contributed by atoms with Gasteiger partial charge in [0, 0.05) is 41.0 Å². The molecule has 7 heteroatoms. The Labute approximate surface area is 173 Å². The highest BCUT2D eigenvalue weighted by atomic mass is 32.1. The fourth-order valence-corrected chi connectivity index (χ4v) is 4.21. The summed E-state index contributed by atoms with van der Waals surface area (Å²) < 4.78 is 0. The van der Waals surface area contributed by atoms with E-state index in [0.717, 1.165) is 18.4 Å². The summed E-state index contributed by atoms with van der Waals surface area (Å²) in [5.74, 6) is -0.261.